The Bertz CT molecular complexity index is 1130. The first-order chi connectivity index (χ1) is 15.3. The van der Waals surface area contributed by atoms with E-state index in [1.165, 1.54) is 0 Å². The monoisotopic (exact) mass is 452 g/mol. The van der Waals surface area contributed by atoms with Gasteiger partial charge in [-0.05, 0) is 63.8 Å². The molecule has 1 atom stereocenters. The Balaban J connectivity index is 1.43. The third-order valence-corrected chi connectivity index (χ3v) is 7.08. The number of hydrogen-bond acceptors (Lipinski definition) is 6. The molecular weight excluding hydrogens is 424 g/mol. The number of hydrogen-bond donors (Lipinski definition) is 3. The number of halogens is 1. The molecule has 168 valence electrons. The van der Waals surface area contributed by atoms with Crippen molar-refractivity contribution in [1.29, 1.82) is 0 Å². The zero-order valence-electron chi connectivity index (χ0n) is 18.5. The lowest BCUT2D eigenvalue weighted by Gasteiger charge is -2.49. The summed E-state index contributed by atoms with van der Waals surface area (Å²) in [6.07, 6.45) is 3.90. The minimum absolute atomic E-state index is 0.106. The van der Waals surface area contributed by atoms with E-state index in [-0.39, 0.29) is 11.8 Å². The molecule has 1 saturated carbocycles. The number of aryl methyl sites for hydroxylation is 1. The van der Waals surface area contributed by atoms with Gasteiger partial charge in [-0.1, -0.05) is 35.9 Å². The second kappa shape index (κ2) is 8.18. The number of piperidine rings is 1. The van der Waals surface area contributed by atoms with Gasteiger partial charge in [-0.15, -0.1) is 10.2 Å². The van der Waals surface area contributed by atoms with Crippen molar-refractivity contribution in [3.05, 3.63) is 47.0 Å². The number of aromatic hydroxyl groups is 1. The van der Waals surface area contributed by atoms with Gasteiger partial charge < -0.3 is 15.5 Å². The zero-order valence-corrected chi connectivity index (χ0v) is 19.2. The Hall–Kier alpha value is -2.41. The topological polar surface area (TPSA) is 81.5 Å². The van der Waals surface area contributed by atoms with Crippen molar-refractivity contribution < 1.29 is 10.2 Å². The molecule has 0 bridgehead atoms. The number of nitrogens with one attached hydrogen (secondary N) is 1. The number of phenols is 1. The van der Waals surface area contributed by atoms with Crippen molar-refractivity contribution >= 4 is 28.2 Å². The van der Waals surface area contributed by atoms with E-state index in [0.717, 1.165) is 60.9 Å². The molecule has 1 aliphatic carbocycles. The molecule has 32 heavy (non-hydrogen) atoms. The first kappa shape index (κ1) is 21.4. The molecule has 2 aliphatic rings. The maximum Gasteiger partial charge on any atom is 0.156 e. The lowest BCUT2D eigenvalue weighted by atomic mass is 9.76. The van der Waals surface area contributed by atoms with Crippen molar-refractivity contribution in [2.45, 2.75) is 57.2 Å². The second-order valence-electron chi connectivity index (χ2n) is 9.60. The summed E-state index contributed by atoms with van der Waals surface area (Å²) in [6.45, 7) is 5.86. The van der Waals surface area contributed by atoms with Crippen molar-refractivity contribution in [2.24, 2.45) is 0 Å². The fraction of sp³-hybridized carbons (Fsp3) is 0.440. The molecule has 3 N–H and O–H groups in total. The van der Waals surface area contributed by atoms with E-state index in [1.807, 2.05) is 44.2 Å². The fourth-order valence-corrected chi connectivity index (χ4v) is 5.56. The molecule has 1 unspecified atom stereocenters. The van der Waals surface area contributed by atoms with E-state index in [1.54, 1.807) is 6.07 Å². The number of phenolic OH excluding ortho intramolecular Hbond substituents is 1. The number of likely N-dealkylation sites (tertiary alicyclic amines) is 1. The van der Waals surface area contributed by atoms with Crippen LogP contribution in [-0.2, 0) is 0 Å². The van der Waals surface area contributed by atoms with Gasteiger partial charge in [0.15, 0.2) is 5.82 Å². The largest absolute Gasteiger partial charge is 0.507 e. The standard InChI is InChI=1S/C25H29ClN4O2/c1-15-10-16(26)11-21(31)22(15)23-19-7-3-4-8-20(19)24(29-28-23)27-17-6-5-9-30(14-17)18-12-25(2,32)13-18/h3-4,7-8,10-11,17-18,31-32H,5-6,9,12-14H2,1-2H3,(H,27,29). The molecule has 5 rings (SSSR count). The van der Waals surface area contributed by atoms with Gasteiger partial charge in [0.2, 0.25) is 0 Å². The van der Waals surface area contributed by atoms with Crippen LogP contribution in [0.4, 0.5) is 5.82 Å². The van der Waals surface area contributed by atoms with Crippen LogP contribution in [0.15, 0.2) is 36.4 Å². The van der Waals surface area contributed by atoms with Crippen LogP contribution in [0.3, 0.4) is 0 Å². The molecule has 2 fully saturated rings. The summed E-state index contributed by atoms with van der Waals surface area (Å²) >= 11 is 6.10. The number of benzene rings is 2. The molecule has 0 amide bonds. The van der Waals surface area contributed by atoms with Crippen LogP contribution < -0.4 is 5.32 Å². The van der Waals surface area contributed by atoms with Gasteiger partial charge in [0, 0.05) is 40.0 Å². The summed E-state index contributed by atoms with van der Waals surface area (Å²) in [6, 6.07) is 12.2. The average molecular weight is 453 g/mol. The van der Waals surface area contributed by atoms with Gasteiger partial charge in [0.05, 0.1) is 5.60 Å². The summed E-state index contributed by atoms with van der Waals surface area (Å²) < 4.78 is 0. The maximum absolute atomic E-state index is 10.6. The van der Waals surface area contributed by atoms with E-state index >= 15 is 0 Å². The molecule has 1 saturated heterocycles. The highest BCUT2D eigenvalue weighted by Gasteiger charge is 2.42. The number of anilines is 1. The molecular formula is C25H29ClN4O2. The summed E-state index contributed by atoms with van der Waals surface area (Å²) in [5.74, 6) is 0.873. The summed E-state index contributed by atoms with van der Waals surface area (Å²) in [7, 11) is 0. The maximum atomic E-state index is 10.6. The van der Waals surface area contributed by atoms with Gasteiger partial charge in [0.25, 0.3) is 0 Å². The summed E-state index contributed by atoms with van der Waals surface area (Å²) in [5, 5.41) is 35.8. The summed E-state index contributed by atoms with van der Waals surface area (Å²) in [5.41, 5.74) is 1.66. The smallest absolute Gasteiger partial charge is 0.156 e. The molecule has 2 heterocycles. The van der Waals surface area contributed by atoms with E-state index in [0.29, 0.717) is 22.3 Å². The molecule has 1 aromatic heterocycles. The van der Waals surface area contributed by atoms with E-state index in [2.05, 4.69) is 20.4 Å². The van der Waals surface area contributed by atoms with Crippen LogP contribution in [0.5, 0.6) is 5.75 Å². The molecule has 2 aromatic carbocycles. The number of aromatic nitrogens is 2. The van der Waals surface area contributed by atoms with Gasteiger partial charge in [-0.2, -0.15) is 0 Å². The molecule has 7 heteroatoms. The lowest BCUT2D eigenvalue weighted by Crippen LogP contribution is -2.57. The van der Waals surface area contributed by atoms with Gasteiger partial charge in [0.1, 0.15) is 11.4 Å². The number of aliphatic hydroxyl groups is 1. The Kier molecular flexibility index (Phi) is 5.48. The lowest BCUT2D eigenvalue weighted by molar-refractivity contribution is -0.0823. The Morgan fingerprint density at radius 1 is 1.16 bits per heavy atom. The number of nitrogens with zero attached hydrogens (tertiary/aromatic N) is 3. The molecule has 1 aliphatic heterocycles. The van der Waals surface area contributed by atoms with E-state index in [4.69, 9.17) is 11.6 Å². The predicted molar refractivity (Wildman–Crippen MR) is 128 cm³/mol. The zero-order chi connectivity index (χ0) is 22.5. The van der Waals surface area contributed by atoms with Crippen LogP contribution in [0.1, 0.15) is 38.2 Å². The highest BCUT2D eigenvalue weighted by atomic mass is 35.5. The van der Waals surface area contributed by atoms with Crippen LogP contribution in [0, 0.1) is 6.92 Å². The Morgan fingerprint density at radius 3 is 2.62 bits per heavy atom. The van der Waals surface area contributed by atoms with Gasteiger partial charge in [-0.3, -0.25) is 4.90 Å². The molecule has 0 radical (unpaired) electrons. The SMILES string of the molecule is Cc1cc(Cl)cc(O)c1-c1nnc(NC2CCCN(C3CC(C)(O)C3)C2)c2ccccc12. The first-order valence-corrected chi connectivity index (χ1v) is 11.7. The minimum Gasteiger partial charge on any atom is -0.507 e. The molecule has 6 nitrogen and oxygen atoms in total. The predicted octanol–water partition coefficient (Wildman–Crippen LogP) is 4.75. The van der Waals surface area contributed by atoms with Crippen LogP contribution in [0.25, 0.3) is 22.0 Å². The molecule has 0 spiro atoms. The first-order valence-electron chi connectivity index (χ1n) is 11.3. The second-order valence-corrected chi connectivity index (χ2v) is 10.0. The normalized spacial score (nSPS) is 26.1. The van der Waals surface area contributed by atoms with Crippen LogP contribution >= 0.6 is 11.6 Å². The quantitative estimate of drug-likeness (QED) is 0.529. The summed E-state index contributed by atoms with van der Waals surface area (Å²) in [4.78, 5) is 2.50. The molecule has 3 aromatic rings. The average Bonchev–Trinajstić information content (AvgIpc) is 2.73. The minimum atomic E-state index is -0.506. The van der Waals surface area contributed by atoms with Crippen molar-refractivity contribution in [1.82, 2.24) is 15.1 Å². The van der Waals surface area contributed by atoms with Gasteiger partial charge in [-0.25, -0.2) is 0 Å². The van der Waals surface area contributed by atoms with E-state index < -0.39 is 5.60 Å². The highest BCUT2D eigenvalue weighted by molar-refractivity contribution is 6.31. The van der Waals surface area contributed by atoms with Crippen LogP contribution in [0.2, 0.25) is 5.02 Å². The fourth-order valence-electron chi connectivity index (χ4n) is 5.29. The third-order valence-electron chi connectivity index (χ3n) is 6.86. The number of fused-ring (bicyclic) bond motifs is 1. The van der Waals surface area contributed by atoms with Crippen LogP contribution in [-0.4, -0.2) is 56.1 Å². The Morgan fingerprint density at radius 2 is 1.91 bits per heavy atom. The van der Waals surface area contributed by atoms with Gasteiger partial charge >= 0.3 is 0 Å². The van der Waals surface area contributed by atoms with Crippen molar-refractivity contribution in [3.8, 4) is 17.0 Å². The highest BCUT2D eigenvalue weighted by Crippen LogP contribution is 2.39. The van der Waals surface area contributed by atoms with E-state index in [9.17, 15) is 10.2 Å². The third kappa shape index (κ3) is 4.03. The number of rotatable bonds is 4. The van der Waals surface area contributed by atoms with Crippen molar-refractivity contribution in [2.75, 3.05) is 18.4 Å². The van der Waals surface area contributed by atoms with Crippen molar-refractivity contribution in [3.63, 3.8) is 0 Å². The Labute approximate surface area is 193 Å².